The van der Waals surface area contributed by atoms with Gasteiger partial charge in [0.1, 0.15) is 11.5 Å². The highest BCUT2D eigenvalue weighted by Crippen LogP contribution is 2.43. The third-order valence-electron chi connectivity index (χ3n) is 6.03. The van der Waals surface area contributed by atoms with Crippen molar-refractivity contribution >= 4 is 11.4 Å². The fourth-order valence-electron chi connectivity index (χ4n) is 4.48. The summed E-state index contributed by atoms with van der Waals surface area (Å²) >= 11 is 0. The lowest BCUT2D eigenvalue weighted by Gasteiger charge is -2.45. The highest BCUT2D eigenvalue weighted by molar-refractivity contribution is 5.75. The molecular weight excluding hydrogens is 559 g/mol. The molecule has 0 saturated heterocycles. The SMILES string of the molecule is OC(CN1c2ccccc2N(Cc2cccc(OC(F)(F)F)c2)CC1c1cccc(OC(F)(F)F)c1)C(F)(F)F. The van der Waals surface area contributed by atoms with E-state index >= 15 is 0 Å². The molecule has 1 N–H and O–H groups in total. The first-order chi connectivity index (χ1) is 18.6. The average Bonchev–Trinajstić information content (AvgIpc) is 2.83. The van der Waals surface area contributed by atoms with Crippen molar-refractivity contribution in [3.63, 3.8) is 0 Å². The van der Waals surface area contributed by atoms with Crippen LogP contribution in [0.4, 0.5) is 50.9 Å². The van der Waals surface area contributed by atoms with Crippen molar-refractivity contribution in [2.45, 2.75) is 37.6 Å². The van der Waals surface area contributed by atoms with Crippen molar-refractivity contribution in [3.8, 4) is 11.5 Å². The summed E-state index contributed by atoms with van der Waals surface area (Å²) < 4.78 is 125. The molecule has 216 valence electrons. The molecule has 40 heavy (non-hydrogen) atoms. The summed E-state index contributed by atoms with van der Waals surface area (Å²) in [6, 6.07) is 15.0. The molecule has 0 aromatic heterocycles. The molecule has 1 aliphatic heterocycles. The predicted octanol–water partition coefficient (Wildman–Crippen LogP) is 6.97. The van der Waals surface area contributed by atoms with Gasteiger partial charge in [-0.25, -0.2) is 0 Å². The minimum Gasteiger partial charge on any atom is -0.406 e. The number of halogens is 9. The van der Waals surface area contributed by atoms with Crippen LogP contribution in [0.2, 0.25) is 0 Å². The van der Waals surface area contributed by atoms with Crippen LogP contribution in [-0.2, 0) is 6.54 Å². The maximum atomic E-state index is 13.4. The summed E-state index contributed by atoms with van der Waals surface area (Å²) in [5.41, 5.74) is 1.16. The summed E-state index contributed by atoms with van der Waals surface area (Å²) in [4.78, 5) is 2.90. The number of nitrogens with zero attached hydrogens (tertiary/aromatic N) is 2. The van der Waals surface area contributed by atoms with Crippen LogP contribution in [0.15, 0.2) is 72.8 Å². The van der Waals surface area contributed by atoms with Crippen molar-refractivity contribution < 1.29 is 54.1 Å². The highest BCUT2D eigenvalue weighted by Gasteiger charge is 2.42. The topological polar surface area (TPSA) is 45.2 Å². The highest BCUT2D eigenvalue weighted by atomic mass is 19.4. The fourth-order valence-corrected chi connectivity index (χ4v) is 4.48. The van der Waals surface area contributed by atoms with E-state index in [0.717, 1.165) is 24.3 Å². The van der Waals surface area contributed by atoms with E-state index < -0.39 is 49.1 Å². The smallest absolute Gasteiger partial charge is 0.406 e. The lowest BCUT2D eigenvalue weighted by atomic mass is 9.98. The maximum Gasteiger partial charge on any atom is 0.573 e. The normalized spacial score (nSPS) is 16.9. The van der Waals surface area contributed by atoms with Crippen LogP contribution >= 0.6 is 0 Å². The number of benzene rings is 3. The number of anilines is 2. The Morgan fingerprint density at radius 1 is 0.750 bits per heavy atom. The number of aliphatic hydroxyl groups excluding tert-OH is 1. The molecule has 1 aliphatic rings. The molecular formula is C26H21F9N2O3. The number of rotatable bonds is 7. The number of alkyl halides is 9. The molecule has 0 fully saturated rings. The van der Waals surface area contributed by atoms with Crippen LogP contribution in [0.5, 0.6) is 11.5 Å². The molecule has 0 spiro atoms. The van der Waals surface area contributed by atoms with Crippen molar-refractivity contribution in [1.29, 1.82) is 0 Å². The standard InChI is InChI=1S/C26H21F9N2O3/c27-24(28,29)23(38)15-37-21-10-2-1-9-20(21)36(13-16-5-3-7-18(11-16)39-25(30,31)32)14-22(37)17-6-4-8-19(12-17)40-26(33,34)35/h1-12,22-23,38H,13-15H2. The molecule has 0 radical (unpaired) electrons. The number of aliphatic hydroxyl groups is 1. The van der Waals surface area contributed by atoms with Crippen LogP contribution in [0.25, 0.3) is 0 Å². The summed E-state index contributed by atoms with van der Waals surface area (Å²) in [6.07, 6.45) is -17.7. The second-order valence-electron chi connectivity index (χ2n) is 8.91. The maximum absolute atomic E-state index is 13.4. The Morgan fingerprint density at radius 3 is 1.93 bits per heavy atom. The zero-order valence-electron chi connectivity index (χ0n) is 20.3. The second-order valence-corrected chi connectivity index (χ2v) is 8.91. The number of β-amino-alcohol motifs (C(OH)–C–C–N with tert-alkyl or cyclic N) is 1. The Balaban J connectivity index is 1.74. The van der Waals surface area contributed by atoms with Gasteiger partial charge in [0.15, 0.2) is 6.10 Å². The number of hydrogen-bond donors (Lipinski definition) is 1. The third kappa shape index (κ3) is 7.43. The first-order valence-corrected chi connectivity index (χ1v) is 11.6. The Kier molecular flexibility index (Phi) is 8.01. The van der Waals surface area contributed by atoms with Gasteiger partial charge in [0.2, 0.25) is 0 Å². The van der Waals surface area contributed by atoms with Gasteiger partial charge in [-0.3, -0.25) is 0 Å². The van der Waals surface area contributed by atoms with Gasteiger partial charge in [0.25, 0.3) is 0 Å². The molecule has 5 nitrogen and oxygen atoms in total. The summed E-state index contributed by atoms with van der Waals surface area (Å²) in [7, 11) is 0. The number of hydrogen-bond acceptors (Lipinski definition) is 5. The summed E-state index contributed by atoms with van der Waals surface area (Å²) in [5.74, 6) is -1.07. The van der Waals surface area contributed by atoms with Crippen LogP contribution in [-0.4, -0.2) is 43.2 Å². The molecule has 4 rings (SSSR count). The van der Waals surface area contributed by atoms with E-state index in [1.807, 2.05) is 0 Å². The Labute approximate surface area is 221 Å². The van der Waals surface area contributed by atoms with Gasteiger partial charge in [-0.05, 0) is 47.5 Å². The summed E-state index contributed by atoms with van der Waals surface area (Å²) in [5, 5.41) is 9.90. The average molecular weight is 580 g/mol. The van der Waals surface area contributed by atoms with Crippen LogP contribution in [0, 0.1) is 0 Å². The van der Waals surface area contributed by atoms with E-state index in [9.17, 15) is 44.6 Å². The van der Waals surface area contributed by atoms with Crippen LogP contribution < -0.4 is 19.3 Å². The fraction of sp³-hybridized carbons (Fsp3) is 0.308. The quantitative estimate of drug-likeness (QED) is 0.306. The van der Waals surface area contributed by atoms with Gasteiger partial charge in [-0.15, -0.1) is 26.3 Å². The second kappa shape index (κ2) is 11.0. The summed E-state index contributed by atoms with van der Waals surface area (Å²) in [6.45, 7) is -1.04. The van der Waals surface area contributed by atoms with Gasteiger partial charge >= 0.3 is 18.9 Å². The molecule has 0 saturated carbocycles. The van der Waals surface area contributed by atoms with E-state index in [1.54, 1.807) is 17.0 Å². The van der Waals surface area contributed by atoms with E-state index in [0.29, 0.717) is 11.3 Å². The Bertz CT molecular complexity index is 1310. The zero-order valence-corrected chi connectivity index (χ0v) is 20.3. The van der Waals surface area contributed by atoms with E-state index in [1.165, 1.54) is 41.3 Å². The van der Waals surface area contributed by atoms with Crippen LogP contribution in [0.3, 0.4) is 0 Å². The van der Waals surface area contributed by atoms with Gasteiger partial charge in [-0.2, -0.15) is 13.2 Å². The number of fused-ring (bicyclic) bond motifs is 1. The number of ether oxygens (including phenoxy) is 2. The van der Waals surface area contributed by atoms with Crippen LogP contribution in [0.1, 0.15) is 17.2 Å². The van der Waals surface area contributed by atoms with Gasteiger partial charge < -0.3 is 24.4 Å². The first kappa shape index (κ1) is 29.2. The first-order valence-electron chi connectivity index (χ1n) is 11.6. The van der Waals surface area contributed by atoms with E-state index in [2.05, 4.69) is 9.47 Å². The Hall–Kier alpha value is -3.81. The van der Waals surface area contributed by atoms with Crippen molar-refractivity contribution in [2.75, 3.05) is 22.9 Å². The van der Waals surface area contributed by atoms with Crippen molar-refractivity contribution in [2.24, 2.45) is 0 Å². The molecule has 2 unspecified atom stereocenters. The molecule has 14 heteroatoms. The van der Waals surface area contributed by atoms with Gasteiger partial charge in [0, 0.05) is 13.1 Å². The molecule has 1 heterocycles. The van der Waals surface area contributed by atoms with Crippen molar-refractivity contribution in [3.05, 3.63) is 83.9 Å². The molecule has 2 atom stereocenters. The molecule has 0 amide bonds. The molecule has 3 aromatic rings. The number of para-hydroxylation sites is 2. The van der Waals surface area contributed by atoms with Gasteiger partial charge in [0.05, 0.1) is 24.0 Å². The minimum absolute atomic E-state index is 0.0169. The monoisotopic (exact) mass is 580 g/mol. The lowest BCUT2D eigenvalue weighted by Crippen LogP contribution is -2.49. The molecule has 0 bridgehead atoms. The lowest BCUT2D eigenvalue weighted by molar-refractivity contribution is -0.275. The predicted molar refractivity (Wildman–Crippen MR) is 126 cm³/mol. The van der Waals surface area contributed by atoms with E-state index in [4.69, 9.17) is 0 Å². The van der Waals surface area contributed by atoms with E-state index in [-0.39, 0.29) is 24.3 Å². The van der Waals surface area contributed by atoms with Gasteiger partial charge in [-0.1, -0.05) is 36.4 Å². The largest absolute Gasteiger partial charge is 0.573 e. The minimum atomic E-state index is -5.01. The van der Waals surface area contributed by atoms with Crippen molar-refractivity contribution in [1.82, 2.24) is 0 Å². The third-order valence-corrected chi connectivity index (χ3v) is 6.03. The Morgan fingerprint density at radius 2 is 1.32 bits per heavy atom. The molecule has 3 aromatic carbocycles. The molecule has 0 aliphatic carbocycles. The zero-order chi connectivity index (χ0) is 29.3.